The van der Waals surface area contributed by atoms with Crippen molar-refractivity contribution in [2.75, 3.05) is 0 Å². The van der Waals surface area contributed by atoms with E-state index in [1.807, 2.05) is 6.07 Å². The van der Waals surface area contributed by atoms with Crippen molar-refractivity contribution in [3.8, 4) is 0 Å². The van der Waals surface area contributed by atoms with E-state index in [0.29, 0.717) is 41.6 Å². The van der Waals surface area contributed by atoms with Crippen molar-refractivity contribution >= 4 is 28.4 Å². The standard InChI is InChI=1S/C22H18ClF3N4O3/c23-14-2-1-11-3-13(7-27-16(11)6-14)17(31)28-21-8-20(9-21,10-21)19-30-29-18(32-19)12-4-15(5-12)33-22(24,25)26/h1-3,6-7,12,15H,4-5,8-10H2,(H,28,31). The van der Waals surface area contributed by atoms with Crippen LogP contribution in [0.25, 0.3) is 10.9 Å². The maximum atomic E-state index is 12.8. The quantitative estimate of drug-likeness (QED) is 0.573. The summed E-state index contributed by atoms with van der Waals surface area (Å²) in [7, 11) is 0. The molecule has 2 heterocycles. The van der Waals surface area contributed by atoms with Crippen molar-refractivity contribution in [3.63, 3.8) is 0 Å². The van der Waals surface area contributed by atoms with Crippen LogP contribution in [0.4, 0.5) is 13.2 Å². The second-order valence-corrected chi connectivity index (χ2v) is 9.84. The molecule has 0 unspecified atom stereocenters. The Kier molecular flexibility index (Phi) is 4.36. The Labute approximate surface area is 190 Å². The van der Waals surface area contributed by atoms with E-state index < -0.39 is 12.5 Å². The Morgan fingerprint density at radius 2 is 1.94 bits per heavy atom. The first kappa shape index (κ1) is 20.9. The highest BCUT2D eigenvalue weighted by atomic mass is 35.5. The molecule has 1 amide bonds. The lowest BCUT2D eigenvalue weighted by Gasteiger charge is -2.68. The number of nitrogens with zero attached hydrogens (tertiary/aromatic N) is 3. The molecule has 4 saturated carbocycles. The number of carbonyl (C=O) groups is 1. The van der Waals surface area contributed by atoms with Crippen LogP contribution in [-0.2, 0) is 10.2 Å². The fourth-order valence-corrected chi connectivity index (χ4v) is 5.51. The van der Waals surface area contributed by atoms with Crippen LogP contribution in [0.1, 0.15) is 60.2 Å². The minimum Gasteiger partial charge on any atom is -0.424 e. The first-order valence-corrected chi connectivity index (χ1v) is 11.0. The highest BCUT2D eigenvalue weighted by molar-refractivity contribution is 6.31. The minimum absolute atomic E-state index is 0.191. The van der Waals surface area contributed by atoms with Crippen molar-refractivity contribution in [2.24, 2.45) is 0 Å². The molecule has 1 aromatic carbocycles. The Bertz CT molecular complexity index is 1250. The number of hydrogen-bond acceptors (Lipinski definition) is 6. The van der Waals surface area contributed by atoms with Crippen molar-refractivity contribution in [1.29, 1.82) is 0 Å². The zero-order chi connectivity index (χ0) is 23.0. The summed E-state index contributed by atoms with van der Waals surface area (Å²) in [6.07, 6.45) is -1.47. The van der Waals surface area contributed by atoms with Crippen molar-refractivity contribution in [2.45, 2.75) is 61.4 Å². The lowest BCUT2D eigenvalue weighted by molar-refractivity contribution is -0.352. The maximum absolute atomic E-state index is 12.8. The number of carbonyl (C=O) groups excluding carboxylic acids is 1. The van der Waals surface area contributed by atoms with Gasteiger partial charge in [-0.3, -0.25) is 14.5 Å². The van der Waals surface area contributed by atoms with Gasteiger partial charge in [0, 0.05) is 28.1 Å². The number of benzene rings is 1. The van der Waals surface area contributed by atoms with Crippen LogP contribution in [0.5, 0.6) is 0 Å². The van der Waals surface area contributed by atoms with Gasteiger partial charge in [0.15, 0.2) is 0 Å². The third-order valence-corrected chi connectivity index (χ3v) is 7.19. The first-order chi connectivity index (χ1) is 15.6. The van der Waals surface area contributed by atoms with E-state index in [4.69, 9.17) is 16.0 Å². The van der Waals surface area contributed by atoms with Crippen LogP contribution in [0.2, 0.25) is 5.02 Å². The Morgan fingerprint density at radius 3 is 2.67 bits per heavy atom. The molecule has 7 nitrogen and oxygen atoms in total. The third kappa shape index (κ3) is 3.56. The van der Waals surface area contributed by atoms with Gasteiger partial charge in [0.05, 0.1) is 22.6 Å². The molecular formula is C22H18ClF3N4O3. The van der Waals surface area contributed by atoms with E-state index >= 15 is 0 Å². The summed E-state index contributed by atoms with van der Waals surface area (Å²) in [5, 5.41) is 12.7. The number of amides is 1. The maximum Gasteiger partial charge on any atom is 0.522 e. The largest absolute Gasteiger partial charge is 0.522 e. The summed E-state index contributed by atoms with van der Waals surface area (Å²) < 4.78 is 46.7. The van der Waals surface area contributed by atoms with Crippen LogP contribution in [0.15, 0.2) is 34.9 Å². The number of aromatic nitrogens is 3. The summed E-state index contributed by atoms with van der Waals surface area (Å²) >= 11 is 5.98. The molecule has 4 aliphatic carbocycles. The molecule has 0 spiro atoms. The molecule has 7 rings (SSSR count). The molecule has 3 aromatic rings. The molecular weight excluding hydrogens is 461 g/mol. The topological polar surface area (TPSA) is 90.1 Å². The number of rotatable bonds is 5. The number of hydrogen-bond donors (Lipinski definition) is 1. The SMILES string of the molecule is O=C(NC12CC(c3nnc(C4CC(OC(F)(F)F)C4)o3)(C1)C2)c1cnc2cc(Cl)ccc2c1. The summed E-state index contributed by atoms with van der Waals surface area (Å²) in [6.45, 7) is 0. The molecule has 2 bridgehead atoms. The number of nitrogens with one attached hydrogen (secondary N) is 1. The van der Waals surface area contributed by atoms with Crippen molar-refractivity contribution in [1.82, 2.24) is 20.5 Å². The zero-order valence-electron chi connectivity index (χ0n) is 17.2. The van der Waals surface area contributed by atoms with E-state index in [9.17, 15) is 18.0 Å². The van der Waals surface area contributed by atoms with E-state index in [1.165, 1.54) is 6.20 Å². The Hall–Kier alpha value is -2.72. The van der Waals surface area contributed by atoms with E-state index in [1.54, 1.807) is 18.2 Å². The molecule has 4 aliphatic rings. The fraction of sp³-hybridized carbons (Fsp3) is 0.455. The third-order valence-electron chi connectivity index (χ3n) is 6.96. The molecule has 33 heavy (non-hydrogen) atoms. The number of fused-ring (bicyclic) bond motifs is 1. The van der Waals surface area contributed by atoms with Gasteiger partial charge in [-0.15, -0.1) is 23.4 Å². The van der Waals surface area contributed by atoms with Gasteiger partial charge in [-0.25, -0.2) is 0 Å². The summed E-state index contributed by atoms with van der Waals surface area (Å²) in [5.74, 6) is 0.453. The molecule has 0 radical (unpaired) electrons. The highest BCUT2D eigenvalue weighted by Gasteiger charge is 2.72. The van der Waals surface area contributed by atoms with Crippen LogP contribution in [-0.4, -0.2) is 39.1 Å². The van der Waals surface area contributed by atoms with E-state index in [-0.39, 0.29) is 35.6 Å². The first-order valence-electron chi connectivity index (χ1n) is 10.6. The van der Waals surface area contributed by atoms with Gasteiger partial charge in [0.1, 0.15) is 0 Å². The summed E-state index contributed by atoms with van der Waals surface area (Å²) in [4.78, 5) is 17.1. The zero-order valence-corrected chi connectivity index (χ0v) is 17.9. The number of pyridine rings is 1. The molecule has 2 aromatic heterocycles. The lowest BCUT2D eigenvalue weighted by Crippen LogP contribution is -2.76. The van der Waals surface area contributed by atoms with Crippen LogP contribution in [0, 0.1) is 0 Å². The van der Waals surface area contributed by atoms with Gasteiger partial charge < -0.3 is 9.73 Å². The van der Waals surface area contributed by atoms with Gasteiger partial charge in [0.25, 0.3) is 5.91 Å². The number of ether oxygens (including phenoxy) is 1. The fourth-order valence-electron chi connectivity index (χ4n) is 5.35. The van der Waals surface area contributed by atoms with E-state index in [2.05, 4.69) is 25.2 Å². The normalized spacial score (nSPS) is 30.3. The summed E-state index contributed by atoms with van der Waals surface area (Å²) in [5.41, 5.74) is 0.633. The van der Waals surface area contributed by atoms with Crippen molar-refractivity contribution < 1.29 is 27.1 Å². The second kappa shape index (κ2) is 6.89. The molecule has 0 aliphatic heterocycles. The second-order valence-electron chi connectivity index (χ2n) is 9.41. The Morgan fingerprint density at radius 1 is 1.18 bits per heavy atom. The molecule has 0 atom stereocenters. The number of alkyl halides is 3. The van der Waals surface area contributed by atoms with Gasteiger partial charge in [0.2, 0.25) is 11.8 Å². The molecule has 4 fully saturated rings. The van der Waals surface area contributed by atoms with Crippen LogP contribution < -0.4 is 5.32 Å². The van der Waals surface area contributed by atoms with Crippen LogP contribution in [0.3, 0.4) is 0 Å². The number of halogens is 4. The smallest absolute Gasteiger partial charge is 0.424 e. The predicted molar refractivity (Wildman–Crippen MR) is 110 cm³/mol. The van der Waals surface area contributed by atoms with Gasteiger partial charge in [-0.1, -0.05) is 17.7 Å². The minimum atomic E-state index is -4.63. The average molecular weight is 479 g/mol. The monoisotopic (exact) mass is 478 g/mol. The van der Waals surface area contributed by atoms with Gasteiger partial charge in [-0.05, 0) is 50.3 Å². The highest BCUT2D eigenvalue weighted by Crippen LogP contribution is 2.67. The predicted octanol–water partition coefficient (Wildman–Crippen LogP) is 4.66. The Balaban J connectivity index is 1.06. The molecule has 11 heteroatoms. The molecule has 172 valence electrons. The van der Waals surface area contributed by atoms with Gasteiger partial charge >= 0.3 is 6.36 Å². The van der Waals surface area contributed by atoms with Crippen molar-refractivity contribution in [3.05, 3.63) is 52.8 Å². The van der Waals surface area contributed by atoms with Crippen LogP contribution >= 0.6 is 11.6 Å². The van der Waals surface area contributed by atoms with Gasteiger partial charge in [-0.2, -0.15) is 0 Å². The molecule has 0 saturated heterocycles. The average Bonchev–Trinajstić information content (AvgIpc) is 3.13. The lowest BCUT2D eigenvalue weighted by atomic mass is 9.39. The summed E-state index contributed by atoms with van der Waals surface area (Å²) in [6, 6.07) is 7.11. The van der Waals surface area contributed by atoms with E-state index in [0.717, 1.165) is 10.9 Å². The molecule has 1 N–H and O–H groups in total.